The van der Waals surface area contributed by atoms with Gasteiger partial charge >= 0.3 is 0 Å². The first-order valence-electron chi connectivity index (χ1n) is 5.99. The molecule has 1 saturated heterocycles. The standard InChI is InChI=1S/C11H17BrN4O2/c1-2-3-13-11-14-4-7(12)10(15-11)16-5-8(17)9(18)6-16/h4,8-9,17-18H,2-3,5-6H2,1H3,(H,13,14,15). The van der Waals surface area contributed by atoms with Crippen LogP contribution in [0.5, 0.6) is 0 Å². The summed E-state index contributed by atoms with van der Waals surface area (Å²) < 4.78 is 0.755. The topological polar surface area (TPSA) is 81.5 Å². The van der Waals surface area contributed by atoms with Crippen LogP contribution in [-0.2, 0) is 0 Å². The number of aromatic nitrogens is 2. The van der Waals surface area contributed by atoms with Crippen molar-refractivity contribution < 1.29 is 10.2 Å². The molecule has 1 aliphatic heterocycles. The first-order chi connectivity index (χ1) is 8.61. The van der Waals surface area contributed by atoms with Crippen LogP contribution in [0, 0.1) is 0 Å². The zero-order valence-corrected chi connectivity index (χ0v) is 11.8. The highest BCUT2D eigenvalue weighted by Crippen LogP contribution is 2.27. The van der Waals surface area contributed by atoms with Crippen molar-refractivity contribution in [3.05, 3.63) is 10.7 Å². The molecule has 7 heteroatoms. The number of nitrogens with one attached hydrogen (secondary N) is 1. The lowest BCUT2D eigenvalue weighted by atomic mass is 10.3. The maximum absolute atomic E-state index is 9.57. The first kappa shape index (κ1) is 13.5. The monoisotopic (exact) mass is 316 g/mol. The van der Waals surface area contributed by atoms with Crippen molar-refractivity contribution in [1.82, 2.24) is 9.97 Å². The van der Waals surface area contributed by atoms with Gasteiger partial charge in [0.1, 0.15) is 5.82 Å². The summed E-state index contributed by atoms with van der Waals surface area (Å²) in [6.07, 6.45) is 1.23. The van der Waals surface area contributed by atoms with Gasteiger partial charge in [0.25, 0.3) is 0 Å². The van der Waals surface area contributed by atoms with Crippen LogP contribution < -0.4 is 10.2 Å². The molecule has 6 nitrogen and oxygen atoms in total. The summed E-state index contributed by atoms with van der Waals surface area (Å²) in [6, 6.07) is 0. The van der Waals surface area contributed by atoms with Crippen molar-refractivity contribution in [3.8, 4) is 0 Å². The summed E-state index contributed by atoms with van der Waals surface area (Å²) in [6.45, 7) is 3.64. The van der Waals surface area contributed by atoms with Gasteiger partial charge in [-0.05, 0) is 22.4 Å². The van der Waals surface area contributed by atoms with Crippen molar-refractivity contribution >= 4 is 27.7 Å². The summed E-state index contributed by atoms with van der Waals surface area (Å²) in [5.41, 5.74) is 0. The van der Waals surface area contributed by atoms with Gasteiger partial charge in [-0.25, -0.2) is 4.98 Å². The zero-order valence-electron chi connectivity index (χ0n) is 10.2. The van der Waals surface area contributed by atoms with E-state index in [1.807, 2.05) is 4.90 Å². The van der Waals surface area contributed by atoms with Crippen molar-refractivity contribution in [1.29, 1.82) is 0 Å². The summed E-state index contributed by atoms with van der Waals surface area (Å²) in [5.74, 6) is 1.25. The molecule has 0 aliphatic carbocycles. The molecule has 2 heterocycles. The number of hydrogen-bond acceptors (Lipinski definition) is 6. The highest BCUT2D eigenvalue weighted by molar-refractivity contribution is 9.10. The van der Waals surface area contributed by atoms with Crippen LogP contribution in [0.4, 0.5) is 11.8 Å². The molecule has 0 bridgehead atoms. The van der Waals surface area contributed by atoms with Crippen molar-refractivity contribution in [2.45, 2.75) is 25.6 Å². The fourth-order valence-electron chi connectivity index (χ4n) is 1.84. The number of nitrogens with zero attached hydrogens (tertiary/aromatic N) is 3. The van der Waals surface area contributed by atoms with Gasteiger partial charge in [0.15, 0.2) is 0 Å². The van der Waals surface area contributed by atoms with E-state index >= 15 is 0 Å². The third kappa shape index (κ3) is 2.90. The molecule has 0 aromatic carbocycles. The molecule has 1 aliphatic rings. The summed E-state index contributed by atoms with van der Waals surface area (Å²) in [7, 11) is 0. The second kappa shape index (κ2) is 5.81. The number of anilines is 2. The molecular formula is C11H17BrN4O2. The second-order valence-corrected chi connectivity index (χ2v) is 5.19. The highest BCUT2D eigenvalue weighted by Gasteiger charge is 2.31. The SMILES string of the molecule is CCCNc1ncc(Br)c(N2CC(O)C(O)C2)n1. The molecule has 0 spiro atoms. The third-order valence-corrected chi connectivity index (χ3v) is 3.38. The van der Waals surface area contributed by atoms with Crippen LogP contribution in [0.2, 0.25) is 0 Å². The Morgan fingerprint density at radius 1 is 1.44 bits per heavy atom. The molecule has 0 radical (unpaired) electrons. The van der Waals surface area contributed by atoms with Crippen LogP contribution in [0.25, 0.3) is 0 Å². The number of halogens is 1. The molecule has 0 amide bonds. The minimum atomic E-state index is -0.723. The normalized spacial score (nSPS) is 23.4. The predicted molar refractivity (Wildman–Crippen MR) is 72.7 cm³/mol. The molecule has 0 saturated carbocycles. The Hall–Kier alpha value is -0.920. The summed E-state index contributed by atoms with van der Waals surface area (Å²) >= 11 is 3.39. The number of aliphatic hydroxyl groups is 2. The molecule has 2 rings (SSSR count). The van der Waals surface area contributed by atoms with Crippen LogP contribution in [0.3, 0.4) is 0 Å². The lowest BCUT2D eigenvalue weighted by molar-refractivity contribution is 0.0572. The van der Waals surface area contributed by atoms with Crippen LogP contribution in [0.1, 0.15) is 13.3 Å². The maximum Gasteiger partial charge on any atom is 0.224 e. The molecule has 3 N–H and O–H groups in total. The number of β-amino-alcohol motifs (C(OH)–C–C–N with tert-alkyl or cyclic N) is 2. The predicted octanol–water partition coefficient (Wildman–Crippen LogP) is 0.603. The van der Waals surface area contributed by atoms with Gasteiger partial charge in [-0.15, -0.1) is 0 Å². The van der Waals surface area contributed by atoms with Gasteiger partial charge in [-0.2, -0.15) is 4.98 Å². The highest BCUT2D eigenvalue weighted by atomic mass is 79.9. The molecule has 1 aromatic rings. The van der Waals surface area contributed by atoms with E-state index in [4.69, 9.17) is 0 Å². The number of rotatable bonds is 4. The summed E-state index contributed by atoms with van der Waals surface area (Å²) in [4.78, 5) is 10.4. The van der Waals surface area contributed by atoms with Crippen LogP contribution >= 0.6 is 15.9 Å². The average molecular weight is 317 g/mol. The molecule has 2 atom stereocenters. The largest absolute Gasteiger partial charge is 0.389 e. The minimum absolute atomic E-state index is 0.379. The van der Waals surface area contributed by atoms with E-state index < -0.39 is 12.2 Å². The van der Waals surface area contributed by atoms with Crippen molar-refractivity contribution in [3.63, 3.8) is 0 Å². The Morgan fingerprint density at radius 3 is 2.72 bits per heavy atom. The van der Waals surface area contributed by atoms with E-state index in [-0.39, 0.29) is 0 Å². The van der Waals surface area contributed by atoms with Crippen LogP contribution in [-0.4, -0.2) is 52.0 Å². The Kier molecular flexibility index (Phi) is 4.36. The van der Waals surface area contributed by atoms with Gasteiger partial charge in [0.05, 0.1) is 16.7 Å². The van der Waals surface area contributed by atoms with E-state index in [1.54, 1.807) is 6.20 Å². The molecule has 18 heavy (non-hydrogen) atoms. The van der Waals surface area contributed by atoms with Crippen LogP contribution in [0.15, 0.2) is 10.7 Å². The van der Waals surface area contributed by atoms with Crippen molar-refractivity contribution in [2.75, 3.05) is 29.9 Å². The Balaban J connectivity index is 2.16. The Labute approximate surface area is 114 Å². The number of hydrogen-bond donors (Lipinski definition) is 3. The lowest BCUT2D eigenvalue weighted by Gasteiger charge is -2.18. The van der Waals surface area contributed by atoms with Gasteiger partial charge in [0, 0.05) is 25.8 Å². The van der Waals surface area contributed by atoms with E-state index in [2.05, 4.69) is 38.1 Å². The molecule has 2 unspecified atom stereocenters. The maximum atomic E-state index is 9.57. The van der Waals surface area contributed by atoms with Gasteiger partial charge in [-0.1, -0.05) is 6.92 Å². The van der Waals surface area contributed by atoms with Gasteiger partial charge < -0.3 is 20.4 Å². The van der Waals surface area contributed by atoms with E-state index in [0.717, 1.165) is 17.4 Å². The first-order valence-corrected chi connectivity index (χ1v) is 6.78. The van der Waals surface area contributed by atoms with Gasteiger partial charge in [0.2, 0.25) is 5.95 Å². The third-order valence-electron chi connectivity index (χ3n) is 2.82. The van der Waals surface area contributed by atoms with Crippen molar-refractivity contribution in [2.24, 2.45) is 0 Å². The number of aliphatic hydroxyl groups excluding tert-OH is 2. The minimum Gasteiger partial charge on any atom is -0.389 e. The summed E-state index contributed by atoms with van der Waals surface area (Å²) in [5, 5.41) is 22.2. The molecular weight excluding hydrogens is 300 g/mol. The fourth-order valence-corrected chi connectivity index (χ4v) is 2.29. The Morgan fingerprint density at radius 2 is 2.11 bits per heavy atom. The lowest BCUT2D eigenvalue weighted by Crippen LogP contribution is -2.23. The zero-order chi connectivity index (χ0) is 13.1. The molecule has 1 fully saturated rings. The molecule has 1 aromatic heterocycles. The van der Waals surface area contributed by atoms with E-state index in [1.165, 1.54) is 0 Å². The van der Waals surface area contributed by atoms with Gasteiger partial charge in [-0.3, -0.25) is 0 Å². The fraction of sp³-hybridized carbons (Fsp3) is 0.636. The molecule has 100 valence electrons. The van der Waals surface area contributed by atoms with E-state index in [9.17, 15) is 10.2 Å². The Bertz CT molecular complexity index is 408. The van der Waals surface area contributed by atoms with E-state index in [0.29, 0.717) is 24.9 Å². The smallest absolute Gasteiger partial charge is 0.224 e. The quantitative estimate of drug-likeness (QED) is 0.755. The second-order valence-electron chi connectivity index (χ2n) is 4.33. The average Bonchev–Trinajstić information content (AvgIpc) is 2.68.